The van der Waals surface area contributed by atoms with Crippen molar-refractivity contribution in [1.29, 1.82) is 0 Å². The molecule has 5 nitrogen and oxygen atoms in total. The summed E-state index contributed by atoms with van der Waals surface area (Å²) in [5, 5.41) is 0. The summed E-state index contributed by atoms with van der Waals surface area (Å²) in [5.74, 6) is 1.77. The highest BCUT2D eigenvalue weighted by Crippen LogP contribution is 2.38. The molecular formula is C43H41N5. The molecule has 1 heterocycles. The Hall–Kier alpha value is -5.81. The third kappa shape index (κ3) is 7.76. The van der Waals surface area contributed by atoms with Gasteiger partial charge in [-0.1, -0.05) is 104 Å². The van der Waals surface area contributed by atoms with Gasteiger partial charge in [-0.25, -0.2) is 20.0 Å². The van der Waals surface area contributed by atoms with Crippen LogP contribution in [0.2, 0.25) is 0 Å². The van der Waals surface area contributed by atoms with E-state index in [2.05, 4.69) is 73.8 Å². The molecule has 5 aromatic rings. The van der Waals surface area contributed by atoms with Crippen LogP contribution in [-0.2, 0) is 6.54 Å². The molecule has 0 aliphatic rings. The minimum absolute atomic E-state index is 0.372. The number of aryl methyl sites for hydroxylation is 3. The van der Waals surface area contributed by atoms with E-state index in [9.17, 15) is 0 Å². The Balaban J connectivity index is 1.76. The first-order valence-corrected chi connectivity index (χ1v) is 16.1. The van der Waals surface area contributed by atoms with E-state index in [1.54, 1.807) is 0 Å². The van der Waals surface area contributed by atoms with E-state index < -0.39 is 0 Å². The Morgan fingerprint density at radius 1 is 0.708 bits per heavy atom. The zero-order valence-electron chi connectivity index (χ0n) is 28.4. The monoisotopic (exact) mass is 627 g/mol. The summed E-state index contributed by atoms with van der Waals surface area (Å²) >= 11 is 0. The maximum Gasteiger partial charge on any atom is 0.161 e. The van der Waals surface area contributed by atoms with Gasteiger partial charge in [0.2, 0.25) is 0 Å². The fourth-order valence-corrected chi connectivity index (χ4v) is 5.82. The Morgan fingerprint density at radius 2 is 1.29 bits per heavy atom. The van der Waals surface area contributed by atoms with Gasteiger partial charge < -0.3 is 0 Å². The van der Waals surface area contributed by atoms with E-state index in [0.29, 0.717) is 24.0 Å². The van der Waals surface area contributed by atoms with Crippen molar-refractivity contribution in [2.24, 2.45) is 15.0 Å². The van der Waals surface area contributed by atoms with Crippen molar-refractivity contribution in [3.05, 3.63) is 160 Å². The highest BCUT2D eigenvalue weighted by Gasteiger charge is 2.17. The van der Waals surface area contributed by atoms with Crippen molar-refractivity contribution in [3.63, 3.8) is 0 Å². The van der Waals surface area contributed by atoms with Gasteiger partial charge in [-0.3, -0.25) is 4.99 Å². The van der Waals surface area contributed by atoms with Crippen LogP contribution in [0.4, 0.5) is 0 Å². The predicted octanol–water partition coefficient (Wildman–Crippen LogP) is 10.5. The van der Waals surface area contributed by atoms with Crippen molar-refractivity contribution < 1.29 is 0 Å². The molecule has 5 rings (SSSR count). The van der Waals surface area contributed by atoms with Gasteiger partial charge in [-0.2, -0.15) is 0 Å². The maximum absolute atomic E-state index is 5.11. The van der Waals surface area contributed by atoms with Gasteiger partial charge in [0.25, 0.3) is 0 Å². The van der Waals surface area contributed by atoms with Gasteiger partial charge in [-0.15, -0.1) is 0 Å². The molecule has 0 unspecified atom stereocenters. The third-order valence-electron chi connectivity index (χ3n) is 7.89. The standard InChI is InChI=1S/C43H41N5/c1-8-17-38-29(4)23-33(10-3)39(18-9-2)40(38)36-25-32(26-37(27-36)43-46-30(5)24-31(6)47-43)28-45-42(35-21-15-12-16-22-35)48-41(44-7)34-19-13-11-14-20-34/h8-27H,3,7,28H2,1-2,4-6H3/b17-8-,18-9-,45-42?,48-41?. The SMILES string of the molecule is C=Cc1cc(C)c(/C=C\C)c(-c2cc(CN=C(N=C(N=C)c3ccccc3)c3ccccc3)cc(-c3nc(C)cc(C)n3)c2)c1/C=C\C. The summed E-state index contributed by atoms with van der Waals surface area (Å²) in [4.78, 5) is 24.0. The van der Waals surface area contributed by atoms with Crippen LogP contribution in [0.3, 0.4) is 0 Å². The lowest BCUT2D eigenvalue weighted by molar-refractivity contribution is 1.05. The summed E-state index contributed by atoms with van der Waals surface area (Å²) in [6.07, 6.45) is 10.4. The highest BCUT2D eigenvalue weighted by atomic mass is 15.0. The van der Waals surface area contributed by atoms with Crippen molar-refractivity contribution in [3.8, 4) is 22.5 Å². The van der Waals surface area contributed by atoms with Crippen LogP contribution >= 0.6 is 0 Å². The average Bonchev–Trinajstić information content (AvgIpc) is 3.10. The van der Waals surface area contributed by atoms with E-state index in [-0.39, 0.29) is 0 Å². The van der Waals surface area contributed by atoms with Crippen LogP contribution in [0.15, 0.2) is 125 Å². The summed E-state index contributed by atoms with van der Waals surface area (Å²) in [7, 11) is 0. The van der Waals surface area contributed by atoms with E-state index in [0.717, 1.165) is 61.5 Å². The molecule has 48 heavy (non-hydrogen) atoms. The number of hydrogen-bond donors (Lipinski definition) is 0. The van der Waals surface area contributed by atoms with Gasteiger partial charge in [0.05, 0.1) is 6.54 Å². The van der Waals surface area contributed by atoms with E-state index in [1.165, 1.54) is 5.56 Å². The van der Waals surface area contributed by atoms with Crippen LogP contribution in [-0.4, -0.2) is 28.4 Å². The summed E-state index contributed by atoms with van der Waals surface area (Å²) in [5.41, 5.74) is 12.2. The second kappa shape index (κ2) is 15.7. The number of benzene rings is 4. The number of hydrogen-bond acceptors (Lipinski definition) is 3. The largest absolute Gasteiger partial charge is 0.261 e. The van der Waals surface area contributed by atoms with Crippen LogP contribution in [0.1, 0.15) is 64.2 Å². The first-order chi connectivity index (χ1) is 23.3. The summed E-state index contributed by atoms with van der Waals surface area (Å²) in [6.45, 7) is 18.6. The summed E-state index contributed by atoms with van der Waals surface area (Å²) < 4.78 is 0. The van der Waals surface area contributed by atoms with Crippen molar-refractivity contribution in [1.82, 2.24) is 9.97 Å². The number of rotatable bonds is 9. The number of allylic oxidation sites excluding steroid dienone is 2. The van der Waals surface area contributed by atoms with Crippen LogP contribution in [0, 0.1) is 20.8 Å². The molecular weight excluding hydrogens is 587 g/mol. The van der Waals surface area contributed by atoms with Crippen LogP contribution < -0.4 is 0 Å². The zero-order valence-corrected chi connectivity index (χ0v) is 28.4. The van der Waals surface area contributed by atoms with E-state index >= 15 is 0 Å². The molecule has 1 aromatic heterocycles. The van der Waals surface area contributed by atoms with Gasteiger partial charge in [0.15, 0.2) is 17.5 Å². The molecule has 238 valence electrons. The molecule has 0 fully saturated rings. The molecule has 0 aliphatic carbocycles. The molecule has 0 radical (unpaired) electrons. The smallest absolute Gasteiger partial charge is 0.161 e. The number of amidine groups is 2. The number of aliphatic imine (C=N–C) groups is 3. The molecule has 0 saturated heterocycles. The lowest BCUT2D eigenvalue weighted by Gasteiger charge is -2.19. The normalized spacial score (nSPS) is 12.2. The van der Waals surface area contributed by atoms with Crippen molar-refractivity contribution in [2.45, 2.75) is 41.2 Å². The number of aromatic nitrogens is 2. The second-order valence-corrected chi connectivity index (χ2v) is 11.5. The topological polar surface area (TPSA) is 62.9 Å². The maximum atomic E-state index is 5.11. The predicted molar refractivity (Wildman–Crippen MR) is 206 cm³/mol. The fourth-order valence-electron chi connectivity index (χ4n) is 5.82. The fraction of sp³-hybridized carbons (Fsp3) is 0.140. The number of nitrogens with zero attached hydrogens (tertiary/aromatic N) is 5. The molecule has 0 saturated carbocycles. The first-order valence-electron chi connectivity index (χ1n) is 16.1. The molecule has 0 bridgehead atoms. The van der Waals surface area contributed by atoms with Gasteiger partial charge in [-0.05, 0) is 105 Å². The molecule has 0 aliphatic heterocycles. The van der Waals surface area contributed by atoms with Crippen LogP contribution in [0.5, 0.6) is 0 Å². The quantitative estimate of drug-likeness (QED) is 0.121. The molecule has 0 atom stereocenters. The first kappa shape index (κ1) is 33.6. The highest BCUT2D eigenvalue weighted by molar-refractivity contribution is 6.12. The molecule has 5 heteroatoms. The molecule has 0 spiro atoms. The molecule has 0 N–H and O–H groups in total. The minimum atomic E-state index is 0.372. The molecule has 0 amide bonds. The second-order valence-electron chi connectivity index (χ2n) is 11.5. The van der Waals surface area contributed by atoms with E-state index in [1.807, 2.05) is 101 Å². The van der Waals surface area contributed by atoms with Gasteiger partial charge in [0, 0.05) is 28.1 Å². The Labute approximate surface area is 284 Å². The minimum Gasteiger partial charge on any atom is -0.261 e. The van der Waals surface area contributed by atoms with Crippen molar-refractivity contribution >= 4 is 36.6 Å². The Bertz CT molecular complexity index is 2050. The van der Waals surface area contributed by atoms with Crippen LogP contribution in [0.25, 0.3) is 40.7 Å². The molecule has 4 aromatic carbocycles. The van der Waals surface area contributed by atoms with Gasteiger partial charge >= 0.3 is 0 Å². The Kier molecular flexibility index (Phi) is 10.9. The Morgan fingerprint density at radius 3 is 1.88 bits per heavy atom. The zero-order chi connectivity index (χ0) is 34.0. The lowest BCUT2D eigenvalue weighted by atomic mass is 9.86. The van der Waals surface area contributed by atoms with E-state index in [4.69, 9.17) is 20.0 Å². The lowest BCUT2D eigenvalue weighted by Crippen LogP contribution is -2.05. The third-order valence-corrected chi connectivity index (χ3v) is 7.89. The van der Waals surface area contributed by atoms with Gasteiger partial charge in [0.1, 0.15) is 0 Å². The summed E-state index contributed by atoms with van der Waals surface area (Å²) in [6, 6.07) is 30.5. The van der Waals surface area contributed by atoms with Crippen molar-refractivity contribution in [2.75, 3.05) is 0 Å². The average molecular weight is 628 g/mol.